The molecule has 3 nitrogen and oxygen atoms in total. The minimum absolute atomic E-state index is 0.205. The smallest absolute Gasteiger partial charge is 0.393 e. The van der Waals surface area contributed by atoms with E-state index >= 15 is 0 Å². The van der Waals surface area contributed by atoms with Gasteiger partial charge in [0.25, 0.3) is 0 Å². The predicted octanol–water partition coefficient (Wildman–Crippen LogP) is 0.700. The molecule has 2 atom stereocenters. The number of carbonyl (C=O) groups is 1. The van der Waals surface area contributed by atoms with Crippen LogP contribution in [0.1, 0.15) is 6.42 Å². The Bertz CT molecular complexity index is 204. The number of hydrogen-bond donors (Lipinski definition) is 1. The van der Waals surface area contributed by atoms with Crippen molar-refractivity contribution in [2.24, 2.45) is 5.92 Å². The summed E-state index contributed by atoms with van der Waals surface area (Å²) >= 11 is 0. The van der Waals surface area contributed by atoms with Crippen LogP contribution in [-0.2, 0) is 9.53 Å². The van der Waals surface area contributed by atoms with Crippen molar-refractivity contribution >= 4 is 5.97 Å². The topological polar surface area (TPSA) is 38.3 Å². The van der Waals surface area contributed by atoms with Crippen molar-refractivity contribution in [2.45, 2.75) is 18.6 Å². The average Bonchev–Trinajstić information content (AvgIpc) is 2.50. The summed E-state index contributed by atoms with van der Waals surface area (Å²) in [6.45, 7) is -0.205. The molecular formula is C7H10F3NO2. The second-order valence-electron chi connectivity index (χ2n) is 2.96. The number of halogens is 3. The molecule has 1 aliphatic rings. The molecule has 13 heavy (non-hydrogen) atoms. The maximum Gasteiger partial charge on any atom is 0.393 e. The zero-order chi connectivity index (χ0) is 10.1. The van der Waals surface area contributed by atoms with Gasteiger partial charge in [0.05, 0.1) is 13.0 Å². The van der Waals surface area contributed by atoms with E-state index in [0.717, 1.165) is 7.11 Å². The van der Waals surface area contributed by atoms with Gasteiger partial charge in [0.1, 0.15) is 6.04 Å². The fourth-order valence-electron chi connectivity index (χ4n) is 1.31. The third-order valence-electron chi connectivity index (χ3n) is 2.08. The van der Waals surface area contributed by atoms with Crippen LogP contribution in [0.15, 0.2) is 0 Å². The van der Waals surface area contributed by atoms with Gasteiger partial charge in [-0.15, -0.1) is 0 Å². The van der Waals surface area contributed by atoms with Crippen LogP contribution >= 0.6 is 0 Å². The van der Waals surface area contributed by atoms with Crippen LogP contribution in [0.5, 0.6) is 0 Å². The third kappa shape index (κ3) is 2.33. The van der Waals surface area contributed by atoms with Gasteiger partial charge in [-0.2, -0.15) is 13.2 Å². The lowest BCUT2D eigenvalue weighted by molar-refractivity contribution is -0.169. The Kier molecular flexibility index (Phi) is 2.80. The summed E-state index contributed by atoms with van der Waals surface area (Å²) in [6.07, 6.45) is -4.45. The molecule has 0 unspecified atom stereocenters. The van der Waals surface area contributed by atoms with Gasteiger partial charge in [-0.3, -0.25) is 4.79 Å². The summed E-state index contributed by atoms with van der Waals surface area (Å²) < 4.78 is 40.7. The Hall–Kier alpha value is -0.780. The van der Waals surface area contributed by atoms with E-state index in [1.807, 2.05) is 0 Å². The first-order valence-corrected chi connectivity index (χ1v) is 3.83. The molecule has 0 spiro atoms. The standard InChI is InChI=1S/C7H10F3NO2/c1-13-6(12)5-2-4(3-11-5)7(8,9)10/h4-5,11H,2-3H2,1H3/t4-,5+/m1/s1. The van der Waals surface area contributed by atoms with Crippen molar-refractivity contribution in [3.05, 3.63) is 0 Å². The molecular weight excluding hydrogens is 187 g/mol. The lowest BCUT2D eigenvalue weighted by Gasteiger charge is -2.12. The zero-order valence-electron chi connectivity index (χ0n) is 7.02. The van der Waals surface area contributed by atoms with Gasteiger partial charge in [0, 0.05) is 6.54 Å². The summed E-state index contributed by atoms with van der Waals surface area (Å²) in [7, 11) is 1.16. The molecule has 0 saturated carbocycles. The number of methoxy groups -OCH3 is 1. The third-order valence-corrected chi connectivity index (χ3v) is 2.08. The summed E-state index contributed by atoms with van der Waals surface area (Å²) in [5.74, 6) is -2.07. The van der Waals surface area contributed by atoms with Crippen LogP contribution in [0.25, 0.3) is 0 Å². The van der Waals surface area contributed by atoms with Crippen LogP contribution < -0.4 is 5.32 Å². The highest BCUT2D eigenvalue weighted by atomic mass is 19.4. The van der Waals surface area contributed by atoms with Gasteiger partial charge < -0.3 is 10.1 Å². The highest BCUT2D eigenvalue weighted by Gasteiger charge is 2.45. The van der Waals surface area contributed by atoms with Crippen molar-refractivity contribution in [1.82, 2.24) is 5.32 Å². The number of hydrogen-bond acceptors (Lipinski definition) is 3. The highest BCUT2D eigenvalue weighted by Crippen LogP contribution is 2.32. The zero-order valence-corrected chi connectivity index (χ0v) is 7.02. The Labute approximate surface area is 73.2 Å². The number of esters is 1. The first kappa shape index (κ1) is 10.3. The summed E-state index contributed by atoms with van der Waals surface area (Å²) in [5, 5.41) is 2.47. The van der Waals surface area contributed by atoms with E-state index in [0.29, 0.717) is 0 Å². The molecule has 1 saturated heterocycles. The molecule has 0 amide bonds. The lowest BCUT2D eigenvalue weighted by Crippen LogP contribution is -2.31. The van der Waals surface area contributed by atoms with Crippen molar-refractivity contribution in [2.75, 3.05) is 13.7 Å². The molecule has 1 aliphatic heterocycles. The maximum absolute atomic E-state index is 12.1. The molecule has 1 heterocycles. The first-order chi connectivity index (χ1) is 5.95. The lowest BCUT2D eigenvalue weighted by atomic mass is 10.1. The second kappa shape index (κ2) is 3.53. The Morgan fingerprint density at radius 1 is 1.54 bits per heavy atom. The van der Waals surface area contributed by atoms with Crippen LogP contribution in [0.3, 0.4) is 0 Å². The van der Waals surface area contributed by atoms with Crippen LogP contribution in [-0.4, -0.2) is 31.8 Å². The van der Waals surface area contributed by atoms with Gasteiger partial charge >= 0.3 is 12.1 Å². The number of ether oxygens (including phenoxy) is 1. The molecule has 0 aromatic carbocycles. The predicted molar refractivity (Wildman–Crippen MR) is 38.0 cm³/mol. The van der Waals surface area contributed by atoms with Crippen molar-refractivity contribution in [3.8, 4) is 0 Å². The van der Waals surface area contributed by atoms with E-state index in [4.69, 9.17) is 0 Å². The van der Waals surface area contributed by atoms with Crippen LogP contribution in [0.4, 0.5) is 13.2 Å². The molecule has 0 bridgehead atoms. The van der Waals surface area contributed by atoms with E-state index in [-0.39, 0.29) is 13.0 Å². The van der Waals surface area contributed by atoms with E-state index in [1.165, 1.54) is 0 Å². The summed E-state index contributed by atoms with van der Waals surface area (Å²) in [5.41, 5.74) is 0. The molecule has 1 fully saturated rings. The fourth-order valence-corrected chi connectivity index (χ4v) is 1.31. The molecule has 1 rings (SSSR count). The van der Waals surface area contributed by atoms with Crippen molar-refractivity contribution in [3.63, 3.8) is 0 Å². The fraction of sp³-hybridized carbons (Fsp3) is 0.857. The van der Waals surface area contributed by atoms with E-state index < -0.39 is 24.1 Å². The maximum atomic E-state index is 12.1. The summed E-state index contributed by atoms with van der Waals surface area (Å²) in [4.78, 5) is 10.8. The Morgan fingerprint density at radius 3 is 2.54 bits per heavy atom. The minimum atomic E-state index is -4.23. The normalized spacial score (nSPS) is 28.9. The van der Waals surface area contributed by atoms with Crippen LogP contribution in [0.2, 0.25) is 0 Å². The Morgan fingerprint density at radius 2 is 2.15 bits per heavy atom. The van der Waals surface area contributed by atoms with Gasteiger partial charge in [0.15, 0.2) is 0 Å². The van der Waals surface area contributed by atoms with Gasteiger partial charge in [-0.25, -0.2) is 0 Å². The molecule has 76 valence electrons. The number of alkyl halides is 3. The van der Waals surface area contributed by atoms with Crippen molar-refractivity contribution in [1.29, 1.82) is 0 Å². The molecule has 1 N–H and O–H groups in total. The van der Waals surface area contributed by atoms with E-state index in [9.17, 15) is 18.0 Å². The molecule has 0 aromatic rings. The number of nitrogens with one attached hydrogen (secondary N) is 1. The quantitative estimate of drug-likeness (QED) is 0.629. The molecule has 0 radical (unpaired) electrons. The number of carbonyl (C=O) groups excluding carboxylic acids is 1. The monoisotopic (exact) mass is 197 g/mol. The SMILES string of the molecule is COC(=O)[C@@H]1C[C@@H](C(F)(F)F)CN1. The first-order valence-electron chi connectivity index (χ1n) is 3.83. The van der Waals surface area contributed by atoms with E-state index in [1.54, 1.807) is 0 Å². The van der Waals surface area contributed by atoms with Gasteiger partial charge in [0.2, 0.25) is 0 Å². The number of rotatable bonds is 1. The highest BCUT2D eigenvalue weighted by molar-refractivity contribution is 5.76. The summed E-state index contributed by atoms with van der Waals surface area (Å²) in [6, 6.07) is -0.809. The second-order valence-corrected chi connectivity index (χ2v) is 2.96. The largest absolute Gasteiger partial charge is 0.468 e. The minimum Gasteiger partial charge on any atom is -0.468 e. The average molecular weight is 197 g/mol. The van der Waals surface area contributed by atoms with Gasteiger partial charge in [-0.1, -0.05) is 0 Å². The molecule has 6 heteroatoms. The van der Waals surface area contributed by atoms with Crippen molar-refractivity contribution < 1.29 is 22.7 Å². The van der Waals surface area contributed by atoms with Crippen LogP contribution in [0, 0.1) is 5.92 Å². The Balaban J connectivity index is 2.50. The van der Waals surface area contributed by atoms with E-state index in [2.05, 4.69) is 10.1 Å². The molecule has 0 aliphatic carbocycles. The molecule has 0 aromatic heterocycles. The van der Waals surface area contributed by atoms with Gasteiger partial charge in [-0.05, 0) is 6.42 Å².